The van der Waals surface area contributed by atoms with E-state index in [2.05, 4.69) is 17.2 Å². The van der Waals surface area contributed by atoms with Gasteiger partial charge in [-0.05, 0) is 27.7 Å². The van der Waals surface area contributed by atoms with Gasteiger partial charge in [0.05, 0.1) is 6.04 Å². The molecule has 1 N–H and O–H groups in total. The average Bonchev–Trinajstić information content (AvgIpc) is 2.65. The van der Waals surface area contributed by atoms with Gasteiger partial charge in [0.15, 0.2) is 5.17 Å². The number of amidine groups is 1. The molecule has 5 heteroatoms. The summed E-state index contributed by atoms with van der Waals surface area (Å²) in [6, 6.07) is 0.180. The molecule has 1 heterocycles. The van der Waals surface area contributed by atoms with Gasteiger partial charge in [-0.15, -0.1) is 0 Å². The van der Waals surface area contributed by atoms with E-state index >= 15 is 0 Å². The predicted octanol–water partition coefficient (Wildman–Crippen LogP) is 1.32. The first-order valence-electron chi connectivity index (χ1n) is 5.84. The summed E-state index contributed by atoms with van der Waals surface area (Å²) in [5.41, 5.74) is 0. The van der Waals surface area contributed by atoms with E-state index in [1.165, 1.54) is 0 Å². The molecule has 0 saturated heterocycles. The number of likely N-dealkylation sites (N-methyl/N-ethyl adjacent to an activating group) is 1. The molecule has 1 rings (SSSR count). The molecule has 0 aromatic rings. The maximum Gasteiger partial charge on any atom is 0.244 e. The monoisotopic (exact) mass is 243 g/mol. The SMILES string of the molecule is CCN(CC)C(=O)C(C)NC1=NC(C)CS1. The van der Waals surface area contributed by atoms with Crippen molar-refractivity contribution in [3.05, 3.63) is 0 Å². The number of aliphatic imine (C=N–C) groups is 1. The van der Waals surface area contributed by atoms with Crippen LogP contribution in [-0.2, 0) is 4.79 Å². The molecule has 0 aliphatic carbocycles. The Hall–Kier alpha value is -0.710. The zero-order valence-corrected chi connectivity index (χ0v) is 11.3. The van der Waals surface area contributed by atoms with Gasteiger partial charge in [-0.25, -0.2) is 0 Å². The standard InChI is InChI=1S/C11H21N3OS/c1-5-14(6-2)10(15)9(4)13-11-12-8(3)7-16-11/h8-9H,5-7H2,1-4H3,(H,12,13). The molecule has 2 atom stereocenters. The van der Waals surface area contributed by atoms with Gasteiger partial charge in [0, 0.05) is 18.8 Å². The van der Waals surface area contributed by atoms with Gasteiger partial charge < -0.3 is 10.2 Å². The quantitative estimate of drug-likeness (QED) is 0.810. The number of rotatable bonds is 4. The van der Waals surface area contributed by atoms with E-state index in [1.807, 2.05) is 25.7 Å². The second kappa shape index (κ2) is 6.13. The van der Waals surface area contributed by atoms with Crippen molar-refractivity contribution in [3.8, 4) is 0 Å². The van der Waals surface area contributed by atoms with Crippen molar-refractivity contribution in [2.45, 2.75) is 39.8 Å². The van der Waals surface area contributed by atoms with Crippen LogP contribution in [0.5, 0.6) is 0 Å². The van der Waals surface area contributed by atoms with Gasteiger partial charge in [-0.1, -0.05) is 11.8 Å². The summed E-state index contributed by atoms with van der Waals surface area (Å²) in [6.45, 7) is 9.50. The summed E-state index contributed by atoms with van der Waals surface area (Å²) in [5, 5.41) is 4.08. The second-order valence-electron chi connectivity index (χ2n) is 3.97. The van der Waals surface area contributed by atoms with Crippen LogP contribution in [0.25, 0.3) is 0 Å². The van der Waals surface area contributed by atoms with Crippen LogP contribution in [0.3, 0.4) is 0 Å². The largest absolute Gasteiger partial charge is 0.353 e. The zero-order valence-electron chi connectivity index (χ0n) is 10.5. The van der Waals surface area contributed by atoms with E-state index in [0.717, 1.165) is 24.0 Å². The summed E-state index contributed by atoms with van der Waals surface area (Å²) in [4.78, 5) is 18.2. The lowest BCUT2D eigenvalue weighted by Gasteiger charge is -2.23. The van der Waals surface area contributed by atoms with Gasteiger partial charge in [0.25, 0.3) is 0 Å². The lowest BCUT2D eigenvalue weighted by atomic mass is 10.3. The number of carbonyl (C=O) groups excluding carboxylic acids is 1. The molecule has 0 aromatic carbocycles. The Morgan fingerprint density at radius 2 is 2.25 bits per heavy atom. The van der Waals surface area contributed by atoms with Crippen LogP contribution in [0.2, 0.25) is 0 Å². The fourth-order valence-electron chi connectivity index (χ4n) is 1.61. The Labute approximate surface area is 102 Å². The van der Waals surface area contributed by atoms with Crippen LogP contribution in [0.15, 0.2) is 4.99 Å². The minimum atomic E-state index is -0.184. The Kier molecular flexibility index (Phi) is 5.12. The number of nitrogens with zero attached hydrogens (tertiary/aromatic N) is 2. The number of carbonyl (C=O) groups is 1. The van der Waals surface area contributed by atoms with Crippen LogP contribution < -0.4 is 5.32 Å². The van der Waals surface area contributed by atoms with E-state index in [-0.39, 0.29) is 11.9 Å². The molecule has 1 aliphatic rings. The molecular weight excluding hydrogens is 222 g/mol. The van der Waals surface area contributed by atoms with Gasteiger partial charge in [-0.2, -0.15) is 0 Å². The first-order valence-corrected chi connectivity index (χ1v) is 6.82. The first kappa shape index (κ1) is 13.4. The average molecular weight is 243 g/mol. The molecule has 0 radical (unpaired) electrons. The van der Waals surface area contributed by atoms with Crippen molar-refractivity contribution in [2.75, 3.05) is 18.8 Å². The van der Waals surface area contributed by atoms with E-state index in [0.29, 0.717) is 6.04 Å². The normalized spacial score (nSPS) is 21.5. The molecule has 0 fully saturated rings. The number of hydrogen-bond acceptors (Lipinski definition) is 4. The third kappa shape index (κ3) is 3.40. The fourth-order valence-corrected chi connectivity index (χ4v) is 2.60. The highest BCUT2D eigenvalue weighted by molar-refractivity contribution is 8.14. The minimum absolute atomic E-state index is 0.146. The lowest BCUT2D eigenvalue weighted by molar-refractivity contribution is -0.132. The molecule has 16 heavy (non-hydrogen) atoms. The summed E-state index contributed by atoms with van der Waals surface area (Å²) in [5.74, 6) is 1.15. The molecule has 92 valence electrons. The highest BCUT2D eigenvalue weighted by atomic mass is 32.2. The first-order chi connectivity index (χ1) is 7.58. The maximum absolute atomic E-state index is 12.0. The van der Waals surface area contributed by atoms with E-state index in [9.17, 15) is 4.79 Å². The molecule has 1 amide bonds. The number of amides is 1. The summed E-state index contributed by atoms with van der Waals surface area (Å²) < 4.78 is 0. The van der Waals surface area contributed by atoms with Crippen LogP contribution >= 0.6 is 11.8 Å². The Bertz CT molecular complexity index is 276. The molecule has 0 aromatic heterocycles. The molecule has 0 saturated carbocycles. The van der Waals surface area contributed by atoms with Crippen molar-refractivity contribution >= 4 is 22.8 Å². The predicted molar refractivity (Wildman–Crippen MR) is 69.9 cm³/mol. The van der Waals surface area contributed by atoms with Crippen LogP contribution in [-0.4, -0.2) is 46.9 Å². The van der Waals surface area contributed by atoms with Gasteiger partial charge >= 0.3 is 0 Å². The van der Waals surface area contributed by atoms with Crippen molar-refractivity contribution in [2.24, 2.45) is 4.99 Å². The number of nitrogens with one attached hydrogen (secondary N) is 1. The van der Waals surface area contributed by atoms with Crippen molar-refractivity contribution in [1.29, 1.82) is 0 Å². The van der Waals surface area contributed by atoms with Crippen molar-refractivity contribution < 1.29 is 4.79 Å². The third-order valence-electron chi connectivity index (χ3n) is 2.58. The summed E-state index contributed by atoms with van der Waals surface area (Å²) in [7, 11) is 0. The Morgan fingerprint density at radius 3 is 2.69 bits per heavy atom. The highest BCUT2D eigenvalue weighted by Crippen LogP contribution is 2.16. The minimum Gasteiger partial charge on any atom is -0.353 e. The van der Waals surface area contributed by atoms with E-state index in [4.69, 9.17) is 0 Å². The lowest BCUT2D eigenvalue weighted by Crippen LogP contribution is -2.46. The van der Waals surface area contributed by atoms with Crippen LogP contribution in [0.4, 0.5) is 0 Å². The summed E-state index contributed by atoms with van der Waals surface area (Å²) in [6.07, 6.45) is 0. The maximum atomic E-state index is 12.0. The van der Waals surface area contributed by atoms with Gasteiger partial charge in [0.1, 0.15) is 6.04 Å². The fraction of sp³-hybridized carbons (Fsp3) is 0.818. The van der Waals surface area contributed by atoms with Gasteiger partial charge in [0.2, 0.25) is 5.91 Å². The topological polar surface area (TPSA) is 44.7 Å². The zero-order chi connectivity index (χ0) is 12.1. The van der Waals surface area contributed by atoms with E-state index < -0.39 is 0 Å². The highest BCUT2D eigenvalue weighted by Gasteiger charge is 2.21. The smallest absolute Gasteiger partial charge is 0.244 e. The van der Waals surface area contributed by atoms with Crippen LogP contribution in [0, 0.1) is 0 Å². The number of thioether (sulfide) groups is 1. The van der Waals surface area contributed by atoms with Crippen molar-refractivity contribution in [3.63, 3.8) is 0 Å². The van der Waals surface area contributed by atoms with Gasteiger partial charge in [-0.3, -0.25) is 9.79 Å². The number of hydrogen-bond donors (Lipinski definition) is 1. The summed E-state index contributed by atoms with van der Waals surface area (Å²) >= 11 is 1.69. The van der Waals surface area contributed by atoms with E-state index in [1.54, 1.807) is 11.8 Å². The molecule has 0 bridgehead atoms. The van der Waals surface area contributed by atoms with Crippen molar-refractivity contribution in [1.82, 2.24) is 10.2 Å². The Balaban J connectivity index is 2.48. The molecule has 2 unspecified atom stereocenters. The molecule has 0 spiro atoms. The second-order valence-corrected chi connectivity index (χ2v) is 4.98. The molecular formula is C11H21N3OS. The Morgan fingerprint density at radius 1 is 1.62 bits per heavy atom. The van der Waals surface area contributed by atoms with Crippen LogP contribution in [0.1, 0.15) is 27.7 Å². The molecule has 4 nitrogen and oxygen atoms in total. The molecule has 1 aliphatic heterocycles. The third-order valence-corrected chi connectivity index (χ3v) is 3.73.